The Morgan fingerprint density at radius 3 is 2.48 bits per heavy atom. The number of hydrogen-bond donors (Lipinski definition) is 1. The van der Waals surface area contributed by atoms with Gasteiger partial charge in [0.2, 0.25) is 5.91 Å². The van der Waals surface area contributed by atoms with Gasteiger partial charge in [0.05, 0.1) is 24.0 Å². The Hall–Kier alpha value is -2.04. The van der Waals surface area contributed by atoms with Gasteiger partial charge in [-0.25, -0.2) is 0 Å². The molecule has 6 heteroatoms. The molecule has 1 aromatic carbocycles. The van der Waals surface area contributed by atoms with Crippen molar-refractivity contribution in [2.45, 2.75) is 45.3 Å². The average molecular weight is 316 g/mol. The van der Waals surface area contributed by atoms with Gasteiger partial charge in [-0.15, -0.1) is 0 Å². The number of likely N-dealkylation sites (tertiary alicyclic amines) is 1. The third kappa shape index (κ3) is 3.33. The van der Waals surface area contributed by atoms with E-state index in [9.17, 15) is 9.90 Å². The molecular formula is C17H24N4O2. The standard InChI is InChI=1S/C17H24N4O2/c1-11(2)15-16(14(9-10-22)19-20-18)21(17(15)23)12(3)13-7-5-4-6-8-13/h4-8,11-12,14-16,22H,9-10H2,1-3H3. The number of carbonyl (C=O) groups excluding carboxylic acids is 1. The number of β-lactam (4-membered cyclic amide) rings is 1. The van der Waals surface area contributed by atoms with E-state index in [1.165, 1.54) is 0 Å². The highest BCUT2D eigenvalue weighted by molar-refractivity contribution is 5.87. The molecular weight excluding hydrogens is 292 g/mol. The maximum atomic E-state index is 12.7. The van der Waals surface area contributed by atoms with Gasteiger partial charge < -0.3 is 10.0 Å². The van der Waals surface area contributed by atoms with Crippen LogP contribution in [0.2, 0.25) is 0 Å². The van der Waals surface area contributed by atoms with E-state index in [0.717, 1.165) is 5.56 Å². The number of carbonyl (C=O) groups is 1. The maximum absolute atomic E-state index is 12.7. The van der Waals surface area contributed by atoms with Crippen LogP contribution in [0.1, 0.15) is 38.8 Å². The van der Waals surface area contributed by atoms with Crippen molar-refractivity contribution in [1.29, 1.82) is 0 Å². The normalized spacial score (nSPS) is 23.2. The molecule has 1 saturated heterocycles. The maximum Gasteiger partial charge on any atom is 0.228 e. The molecule has 0 radical (unpaired) electrons. The molecule has 1 aliphatic rings. The number of nitrogens with zero attached hydrogens (tertiary/aromatic N) is 4. The second-order valence-corrected chi connectivity index (χ2v) is 6.38. The van der Waals surface area contributed by atoms with Crippen LogP contribution < -0.4 is 0 Å². The van der Waals surface area contributed by atoms with E-state index in [4.69, 9.17) is 5.53 Å². The zero-order valence-corrected chi connectivity index (χ0v) is 13.8. The zero-order valence-electron chi connectivity index (χ0n) is 13.8. The summed E-state index contributed by atoms with van der Waals surface area (Å²) in [4.78, 5) is 17.4. The van der Waals surface area contributed by atoms with Crippen LogP contribution in [0.3, 0.4) is 0 Å². The number of hydrogen-bond acceptors (Lipinski definition) is 3. The Bertz CT molecular complexity index is 584. The summed E-state index contributed by atoms with van der Waals surface area (Å²) in [5.74, 6) is 0.0995. The molecule has 1 N–H and O–H groups in total. The van der Waals surface area contributed by atoms with Crippen LogP contribution in [0.25, 0.3) is 10.4 Å². The van der Waals surface area contributed by atoms with Gasteiger partial charge in [0.15, 0.2) is 0 Å². The summed E-state index contributed by atoms with van der Waals surface area (Å²) >= 11 is 0. The molecule has 1 fully saturated rings. The lowest BCUT2D eigenvalue weighted by Crippen LogP contribution is -2.67. The predicted molar refractivity (Wildman–Crippen MR) is 88.5 cm³/mol. The van der Waals surface area contributed by atoms with E-state index in [1.54, 1.807) is 0 Å². The Balaban J connectivity index is 2.32. The Labute approximate surface area is 136 Å². The molecule has 2 rings (SSSR count). The van der Waals surface area contributed by atoms with Crippen LogP contribution in [0, 0.1) is 11.8 Å². The summed E-state index contributed by atoms with van der Waals surface area (Å²) in [6, 6.07) is 9.17. The molecule has 0 aromatic heterocycles. The SMILES string of the molecule is CC(C)C1C(=O)N(C(C)c2ccccc2)C1C(CCO)N=[N+]=[N-]. The average Bonchev–Trinajstić information content (AvgIpc) is 2.52. The lowest BCUT2D eigenvalue weighted by molar-refractivity contribution is -0.166. The van der Waals surface area contributed by atoms with E-state index >= 15 is 0 Å². The summed E-state index contributed by atoms with van der Waals surface area (Å²) in [7, 11) is 0. The van der Waals surface area contributed by atoms with Gasteiger partial charge in [-0.2, -0.15) is 0 Å². The molecule has 0 spiro atoms. The second kappa shape index (κ2) is 7.49. The lowest BCUT2D eigenvalue weighted by Gasteiger charge is -2.54. The van der Waals surface area contributed by atoms with E-state index in [0.29, 0.717) is 6.42 Å². The monoisotopic (exact) mass is 316 g/mol. The highest BCUT2D eigenvalue weighted by atomic mass is 16.3. The largest absolute Gasteiger partial charge is 0.396 e. The van der Waals surface area contributed by atoms with Crippen LogP contribution in [0.5, 0.6) is 0 Å². The first-order valence-electron chi connectivity index (χ1n) is 8.05. The lowest BCUT2D eigenvalue weighted by atomic mass is 9.73. The van der Waals surface area contributed by atoms with Crippen molar-refractivity contribution < 1.29 is 9.90 Å². The number of aliphatic hydroxyl groups is 1. The van der Waals surface area contributed by atoms with Crippen molar-refractivity contribution in [3.05, 3.63) is 46.3 Å². The second-order valence-electron chi connectivity index (χ2n) is 6.38. The van der Waals surface area contributed by atoms with Gasteiger partial charge in [-0.05, 0) is 30.4 Å². The Morgan fingerprint density at radius 2 is 1.96 bits per heavy atom. The molecule has 0 saturated carbocycles. The first kappa shape index (κ1) is 17.3. The van der Waals surface area contributed by atoms with Crippen LogP contribution >= 0.6 is 0 Å². The minimum Gasteiger partial charge on any atom is -0.396 e. The fraction of sp³-hybridized carbons (Fsp3) is 0.588. The van der Waals surface area contributed by atoms with E-state index in [2.05, 4.69) is 10.0 Å². The van der Waals surface area contributed by atoms with Crippen molar-refractivity contribution in [2.24, 2.45) is 17.0 Å². The molecule has 0 bridgehead atoms. The number of aliphatic hydroxyl groups excluding tert-OH is 1. The fourth-order valence-electron chi connectivity index (χ4n) is 3.50. The van der Waals surface area contributed by atoms with Gasteiger partial charge in [0.25, 0.3) is 0 Å². The van der Waals surface area contributed by atoms with E-state index in [1.807, 2.05) is 56.0 Å². The van der Waals surface area contributed by atoms with Crippen molar-refractivity contribution in [2.75, 3.05) is 6.61 Å². The Kier molecular flexibility index (Phi) is 5.64. The van der Waals surface area contributed by atoms with Crippen molar-refractivity contribution in [3.63, 3.8) is 0 Å². The zero-order chi connectivity index (χ0) is 17.0. The van der Waals surface area contributed by atoms with E-state index in [-0.39, 0.29) is 36.4 Å². The quantitative estimate of drug-likeness (QED) is 0.362. The van der Waals surface area contributed by atoms with Gasteiger partial charge in [0.1, 0.15) is 0 Å². The first-order chi connectivity index (χ1) is 11.0. The molecule has 1 amide bonds. The third-order valence-electron chi connectivity index (χ3n) is 4.67. The molecule has 23 heavy (non-hydrogen) atoms. The molecule has 4 atom stereocenters. The summed E-state index contributed by atoms with van der Waals surface area (Å²) in [6.07, 6.45) is 0.364. The van der Waals surface area contributed by atoms with Gasteiger partial charge in [0, 0.05) is 11.5 Å². The molecule has 124 valence electrons. The molecule has 1 heterocycles. The first-order valence-corrected chi connectivity index (χ1v) is 8.05. The summed E-state index contributed by atoms with van der Waals surface area (Å²) in [5, 5.41) is 13.1. The third-order valence-corrected chi connectivity index (χ3v) is 4.67. The van der Waals surface area contributed by atoms with Crippen molar-refractivity contribution in [3.8, 4) is 0 Å². The van der Waals surface area contributed by atoms with E-state index < -0.39 is 6.04 Å². The highest BCUT2D eigenvalue weighted by Gasteiger charge is 2.53. The molecule has 1 aliphatic heterocycles. The van der Waals surface area contributed by atoms with Crippen LogP contribution in [-0.4, -0.2) is 34.6 Å². The van der Waals surface area contributed by atoms with Gasteiger partial charge in [-0.1, -0.05) is 49.3 Å². The fourth-order valence-corrected chi connectivity index (χ4v) is 3.50. The minimum atomic E-state index is -0.402. The summed E-state index contributed by atoms with van der Waals surface area (Å²) in [5.41, 5.74) is 9.89. The minimum absolute atomic E-state index is 0.0627. The number of azide groups is 1. The van der Waals surface area contributed by atoms with Crippen LogP contribution in [0.4, 0.5) is 0 Å². The number of benzene rings is 1. The molecule has 6 nitrogen and oxygen atoms in total. The Morgan fingerprint density at radius 1 is 1.30 bits per heavy atom. The van der Waals surface area contributed by atoms with Gasteiger partial charge >= 0.3 is 0 Å². The predicted octanol–water partition coefficient (Wildman–Crippen LogP) is 3.29. The number of amides is 1. The number of rotatable bonds is 7. The molecule has 0 aliphatic carbocycles. The smallest absolute Gasteiger partial charge is 0.228 e. The van der Waals surface area contributed by atoms with Crippen molar-refractivity contribution in [1.82, 2.24) is 4.90 Å². The topological polar surface area (TPSA) is 89.3 Å². The van der Waals surface area contributed by atoms with Crippen LogP contribution in [-0.2, 0) is 4.79 Å². The highest BCUT2D eigenvalue weighted by Crippen LogP contribution is 2.42. The van der Waals surface area contributed by atoms with Crippen molar-refractivity contribution >= 4 is 5.91 Å². The molecule has 4 unspecified atom stereocenters. The summed E-state index contributed by atoms with van der Waals surface area (Å²) in [6.45, 7) is 5.94. The molecule has 1 aromatic rings. The summed E-state index contributed by atoms with van der Waals surface area (Å²) < 4.78 is 0. The van der Waals surface area contributed by atoms with Crippen LogP contribution in [0.15, 0.2) is 35.4 Å². The van der Waals surface area contributed by atoms with Gasteiger partial charge in [-0.3, -0.25) is 4.79 Å².